The minimum Gasteiger partial charge on any atom is -0.344 e. The fourth-order valence-corrected chi connectivity index (χ4v) is 3.38. The Labute approximate surface area is 142 Å². The van der Waals surface area contributed by atoms with Crippen LogP contribution >= 0.6 is 11.8 Å². The molecule has 1 atom stereocenters. The first-order valence-electron chi connectivity index (χ1n) is 8.01. The zero-order chi connectivity index (χ0) is 16.8. The fourth-order valence-electron chi connectivity index (χ4n) is 2.51. The van der Waals surface area contributed by atoms with Crippen LogP contribution in [0.5, 0.6) is 0 Å². The lowest BCUT2D eigenvalue weighted by Gasteiger charge is -2.23. The topological polar surface area (TPSA) is 52.7 Å². The van der Waals surface area contributed by atoms with Crippen LogP contribution in [0.4, 0.5) is 4.79 Å². The van der Waals surface area contributed by atoms with Gasteiger partial charge in [-0.25, -0.2) is 4.79 Å². The number of nitrogens with zero attached hydrogens (tertiary/aromatic N) is 2. The summed E-state index contributed by atoms with van der Waals surface area (Å²) in [4.78, 5) is 28.8. The van der Waals surface area contributed by atoms with Gasteiger partial charge in [-0.3, -0.25) is 4.79 Å². The highest BCUT2D eigenvalue weighted by Gasteiger charge is 2.31. The van der Waals surface area contributed by atoms with E-state index >= 15 is 0 Å². The highest BCUT2D eigenvalue weighted by molar-refractivity contribution is 7.99. The van der Waals surface area contributed by atoms with E-state index in [0.717, 1.165) is 5.75 Å². The third-order valence-corrected chi connectivity index (χ3v) is 5.04. The van der Waals surface area contributed by atoms with Gasteiger partial charge in [0.05, 0.1) is 0 Å². The van der Waals surface area contributed by atoms with Crippen LogP contribution < -0.4 is 5.32 Å². The first kappa shape index (κ1) is 17.7. The highest BCUT2D eigenvalue weighted by Crippen LogP contribution is 2.18. The summed E-state index contributed by atoms with van der Waals surface area (Å²) in [6, 6.07) is 7.87. The fraction of sp³-hybridized carbons (Fsp3) is 0.529. The Bertz CT molecular complexity index is 547. The molecule has 5 nitrogen and oxygen atoms in total. The Morgan fingerprint density at radius 1 is 1.39 bits per heavy atom. The number of thioether (sulfide) groups is 1. The van der Waals surface area contributed by atoms with Gasteiger partial charge in [0.1, 0.15) is 6.04 Å². The summed E-state index contributed by atoms with van der Waals surface area (Å²) < 4.78 is 0. The smallest absolute Gasteiger partial charge is 0.318 e. The molecule has 1 fully saturated rings. The number of hydrogen-bond donors (Lipinski definition) is 1. The van der Waals surface area contributed by atoms with E-state index < -0.39 is 0 Å². The normalized spacial score (nSPS) is 17.4. The largest absolute Gasteiger partial charge is 0.344 e. The average molecular weight is 335 g/mol. The van der Waals surface area contributed by atoms with Crippen molar-refractivity contribution in [2.75, 3.05) is 32.4 Å². The van der Waals surface area contributed by atoms with E-state index in [0.29, 0.717) is 26.1 Å². The number of likely N-dealkylation sites (tertiary alicyclic amines) is 1. The molecule has 0 bridgehead atoms. The van der Waals surface area contributed by atoms with Gasteiger partial charge < -0.3 is 15.1 Å². The van der Waals surface area contributed by atoms with Crippen molar-refractivity contribution >= 4 is 23.7 Å². The molecule has 0 aliphatic carbocycles. The molecule has 1 N–H and O–H groups in total. The molecule has 6 heteroatoms. The third-order valence-electron chi connectivity index (χ3n) is 4.05. The van der Waals surface area contributed by atoms with Crippen molar-refractivity contribution in [2.24, 2.45) is 0 Å². The second-order valence-electron chi connectivity index (χ2n) is 5.79. The summed E-state index contributed by atoms with van der Waals surface area (Å²) in [5.74, 6) is 0.839. The number of hydrogen-bond acceptors (Lipinski definition) is 3. The van der Waals surface area contributed by atoms with E-state index in [-0.39, 0.29) is 18.0 Å². The minimum atomic E-state index is -0.369. The summed E-state index contributed by atoms with van der Waals surface area (Å²) >= 11 is 1.74. The number of urea groups is 1. The lowest BCUT2D eigenvalue weighted by atomic mass is 10.2. The molecule has 3 amide bonds. The van der Waals surface area contributed by atoms with Gasteiger partial charge in [-0.15, -0.1) is 11.8 Å². The maximum absolute atomic E-state index is 12.3. The molecular weight excluding hydrogens is 310 g/mol. The van der Waals surface area contributed by atoms with Gasteiger partial charge in [-0.2, -0.15) is 0 Å². The summed E-state index contributed by atoms with van der Waals surface area (Å²) in [6.45, 7) is 6.03. The maximum Gasteiger partial charge on any atom is 0.318 e. The van der Waals surface area contributed by atoms with Crippen LogP contribution in [0.25, 0.3) is 0 Å². The van der Waals surface area contributed by atoms with Crippen LogP contribution in [-0.2, 0) is 4.79 Å². The van der Waals surface area contributed by atoms with E-state index in [1.54, 1.807) is 28.6 Å². The van der Waals surface area contributed by atoms with Crippen LogP contribution in [0.2, 0.25) is 0 Å². The van der Waals surface area contributed by atoms with Gasteiger partial charge in [0, 0.05) is 37.3 Å². The maximum atomic E-state index is 12.3. The Balaban J connectivity index is 1.78. The predicted molar refractivity (Wildman–Crippen MR) is 93.7 cm³/mol. The Hall–Kier alpha value is -1.69. The number of benzene rings is 1. The Morgan fingerprint density at radius 3 is 2.65 bits per heavy atom. The summed E-state index contributed by atoms with van der Waals surface area (Å²) in [5, 5.41) is 2.85. The number of rotatable bonds is 6. The van der Waals surface area contributed by atoms with Crippen molar-refractivity contribution < 1.29 is 9.59 Å². The SMILES string of the molecule is CCN(CCSc1ccc(C)cc1)C(=O)NC1CCN(C)C1=O. The zero-order valence-corrected chi connectivity index (χ0v) is 14.9. The van der Waals surface area contributed by atoms with Crippen LogP contribution in [0.1, 0.15) is 18.9 Å². The summed E-state index contributed by atoms with van der Waals surface area (Å²) in [5.41, 5.74) is 1.25. The quantitative estimate of drug-likeness (QED) is 0.812. The van der Waals surface area contributed by atoms with E-state index in [1.165, 1.54) is 10.5 Å². The molecule has 1 heterocycles. The average Bonchev–Trinajstić information content (AvgIpc) is 2.85. The Kier molecular flexibility index (Phi) is 6.33. The van der Waals surface area contributed by atoms with Gasteiger partial charge >= 0.3 is 6.03 Å². The Morgan fingerprint density at radius 2 is 2.09 bits per heavy atom. The summed E-state index contributed by atoms with van der Waals surface area (Å²) in [7, 11) is 1.77. The van der Waals surface area contributed by atoms with E-state index in [9.17, 15) is 9.59 Å². The second-order valence-corrected chi connectivity index (χ2v) is 6.96. The lowest BCUT2D eigenvalue weighted by Crippen LogP contribution is -2.48. The van der Waals surface area contributed by atoms with E-state index in [2.05, 4.69) is 36.5 Å². The molecule has 0 aromatic heterocycles. The zero-order valence-electron chi connectivity index (χ0n) is 14.0. The van der Waals surface area contributed by atoms with Gasteiger partial charge in [0.2, 0.25) is 5.91 Å². The van der Waals surface area contributed by atoms with Crippen molar-refractivity contribution in [1.29, 1.82) is 0 Å². The van der Waals surface area contributed by atoms with E-state index in [4.69, 9.17) is 0 Å². The van der Waals surface area contributed by atoms with Crippen molar-refractivity contribution in [3.8, 4) is 0 Å². The van der Waals surface area contributed by atoms with Crippen molar-refractivity contribution in [3.63, 3.8) is 0 Å². The first-order chi connectivity index (χ1) is 11.0. The van der Waals surface area contributed by atoms with Crippen molar-refractivity contribution in [3.05, 3.63) is 29.8 Å². The van der Waals surface area contributed by atoms with Crippen LogP contribution in [0, 0.1) is 6.92 Å². The molecule has 23 heavy (non-hydrogen) atoms. The first-order valence-corrected chi connectivity index (χ1v) is 8.99. The lowest BCUT2D eigenvalue weighted by molar-refractivity contribution is -0.128. The second kappa shape index (κ2) is 8.24. The molecule has 126 valence electrons. The number of likely N-dealkylation sites (N-methyl/N-ethyl adjacent to an activating group) is 1. The monoisotopic (exact) mass is 335 g/mol. The molecular formula is C17H25N3O2S. The number of carbonyl (C=O) groups excluding carboxylic acids is 2. The molecule has 0 radical (unpaired) electrons. The molecule has 0 spiro atoms. The standard InChI is InChI=1S/C17H25N3O2S/c1-4-20(11-12-23-14-7-5-13(2)6-8-14)17(22)18-15-9-10-19(3)16(15)21/h5-8,15H,4,9-12H2,1-3H3,(H,18,22). The number of amides is 3. The molecule has 1 unspecified atom stereocenters. The van der Waals surface area contributed by atoms with Crippen LogP contribution in [0.15, 0.2) is 29.2 Å². The molecule has 1 aromatic carbocycles. The molecule has 1 saturated heterocycles. The van der Waals surface area contributed by atoms with Crippen LogP contribution in [0.3, 0.4) is 0 Å². The van der Waals surface area contributed by atoms with Crippen LogP contribution in [-0.4, -0.2) is 60.2 Å². The summed E-state index contributed by atoms with van der Waals surface area (Å²) in [6.07, 6.45) is 0.691. The third kappa shape index (κ3) is 4.89. The van der Waals surface area contributed by atoms with Gasteiger partial charge in [0.15, 0.2) is 0 Å². The number of carbonyl (C=O) groups is 2. The predicted octanol–water partition coefficient (Wildman–Crippen LogP) is 2.35. The van der Waals surface area contributed by atoms with Crippen molar-refractivity contribution in [2.45, 2.75) is 31.2 Å². The van der Waals surface area contributed by atoms with Gasteiger partial charge in [-0.05, 0) is 32.4 Å². The molecule has 1 aliphatic rings. The molecule has 1 aromatic rings. The number of aryl methyl sites for hydroxylation is 1. The molecule has 2 rings (SSSR count). The van der Waals surface area contributed by atoms with Gasteiger partial charge in [-0.1, -0.05) is 17.7 Å². The highest BCUT2D eigenvalue weighted by atomic mass is 32.2. The molecule has 1 aliphatic heterocycles. The number of nitrogens with one attached hydrogen (secondary N) is 1. The minimum absolute atomic E-state index is 0.00318. The van der Waals surface area contributed by atoms with Crippen molar-refractivity contribution in [1.82, 2.24) is 15.1 Å². The molecule has 0 saturated carbocycles. The van der Waals surface area contributed by atoms with E-state index in [1.807, 2.05) is 6.92 Å². The van der Waals surface area contributed by atoms with Gasteiger partial charge in [0.25, 0.3) is 0 Å².